The molecular formula is C24H22ClN3O7S. The number of carboxylic acids is 1. The molecule has 0 atom stereocenters. The molecule has 0 saturated carbocycles. The van der Waals surface area contributed by atoms with Gasteiger partial charge in [0.25, 0.3) is 5.91 Å². The zero-order valence-corrected chi connectivity index (χ0v) is 20.8. The van der Waals surface area contributed by atoms with E-state index in [1.54, 1.807) is 30.3 Å². The third-order valence-corrected chi connectivity index (χ3v) is 5.38. The number of rotatable bonds is 8. The molecule has 0 radical (unpaired) electrons. The van der Waals surface area contributed by atoms with E-state index in [4.69, 9.17) is 30.9 Å². The van der Waals surface area contributed by atoms with Gasteiger partial charge in [0, 0.05) is 11.6 Å². The second kappa shape index (κ2) is 12.0. The Balaban J connectivity index is 1.93. The van der Waals surface area contributed by atoms with E-state index in [0.717, 1.165) is 9.42 Å². The molecule has 0 heterocycles. The maximum Gasteiger partial charge on any atom is 0.351 e. The first kappa shape index (κ1) is 26.5. The van der Waals surface area contributed by atoms with Crippen molar-refractivity contribution < 1.29 is 33.7 Å². The van der Waals surface area contributed by atoms with Crippen LogP contribution in [0.15, 0.2) is 66.7 Å². The minimum atomic E-state index is -1.16. The molecule has 0 aliphatic heterocycles. The van der Waals surface area contributed by atoms with Crippen LogP contribution in [-0.2, 0) is 4.79 Å². The summed E-state index contributed by atoms with van der Waals surface area (Å²) in [7, 11) is 2.86. The van der Waals surface area contributed by atoms with Gasteiger partial charge in [0.05, 0.1) is 30.6 Å². The van der Waals surface area contributed by atoms with Crippen LogP contribution in [0.2, 0.25) is 5.02 Å². The largest absolute Gasteiger partial charge is 0.495 e. The number of ether oxygens (including phenoxy) is 3. The normalized spacial score (nSPS) is 10.2. The van der Waals surface area contributed by atoms with Crippen LogP contribution < -0.4 is 24.5 Å². The van der Waals surface area contributed by atoms with Gasteiger partial charge in [-0.05, 0) is 49.2 Å². The third-order valence-electron chi connectivity index (χ3n) is 4.72. The number of carbonyl (C=O) groups is 3. The molecule has 0 aliphatic rings. The quantitative estimate of drug-likeness (QED) is 0.283. The predicted molar refractivity (Wildman–Crippen MR) is 137 cm³/mol. The molecule has 0 bridgehead atoms. The number of halogens is 1. The standard InChI is InChI=1S/C24H22ClN3O7S/c1-33-20-13-21(34-2)19(12-18(20)25)26-24(32)28(36)27(16-8-4-3-5-9-16)23(31)15-7-6-10-17(11-15)35-14-22(29)30/h3-13,36H,14H2,1-2H3,(H,26,32)(H,29,30). The topological polar surface area (TPSA) is 118 Å². The fourth-order valence-electron chi connectivity index (χ4n) is 3.08. The number of thiol groups is 1. The van der Waals surface area contributed by atoms with Crippen molar-refractivity contribution in [2.45, 2.75) is 0 Å². The number of hydrazine groups is 1. The summed E-state index contributed by atoms with van der Waals surface area (Å²) in [6, 6.07) is 16.4. The molecule has 3 rings (SSSR count). The maximum atomic E-state index is 13.5. The lowest BCUT2D eigenvalue weighted by Crippen LogP contribution is -2.46. The van der Waals surface area contributed by atoms with Crippen LogP contribution in [0, 0.1) is 0 Å². The molecule has 0 aliphatic carbocycles. The second-order valence-corrected chi connectivity index (χ2v) is 7.86. The smallest absolute Gasteiger partial charge is 0.351 e. The molecule has 3 aromatic carbocycles. The Bertz CT molecular complexity index is 1260. The van der Waals surface area contributed by atoms with Crippen LogP contribution in [0.3, 0.4) is 0 Å². The molecular weight excluding hydrogens is 510 g/mol. The Morgan fingerprint density at radius 3 is 2.31 bits per heavy atom. The van der Waals surface area contributed by atoms with Gasteiger partial charge in [-0.2, -0.15) is 4.41 Å². The van der Waals surface area contributed by atoms with Gasteiger partial charge < -0.3 is 24.6 Å². The number of nitrogens with one attached hydrogen (secondary N) is 1. The summed E-state index contributed by atoms with van der Waals surface area (Å²) in [5.74, 6) is -1.01. The van der Waals surface area contributed by atoms with E-state index in [1.165, 1.54) is 50.6 Å². The summed E-state index contributed by atoms with van der Waals surface area (Å²) in [4.78, 5) is 37.5. The van der Waals surface area contributed by atoms with Crippen molar-refractivity contribution in [1.29, 1.82) is 0 Å². The number of para-hydroxylation sites is 1. The first-order valence-electron chi connectivity index (χ1n) is 10.3. The highest BCUT2D eigenvalue weighted by Crippen LogP contribution is 2.36. The number of amides is 3. The Hall–Kier alpha value is -4.09. The average Bonchev–Trinajstić information content (AvgIpc) is 2.88. The van der Waals surface area contributed by atoms with E-state index in [-0.39, 0.29) is 27.8 Å². The van der Waals surface area contributed by atoms with Crippen LogP contribution >= 0.6 is 24.4 Å². The van der Waals surface area contributed by atoms with Gasteiger partial charge in [-0.1, -0.05) is 35.9 Å². The monoisotopic (exact) mass is 531 g/mol. The minimum absolute atomic E-state index is 0.124. The fourth-order valence-corrected chi connectivity index (χ4v) is 3.56. The summed E-state index contributed by atoms with van der Waals surface area (Å²) in [6.07, 6.45) is 0. The van der Waals surface area contributed by atoms with E-state index in [1.807, 2.05) is 0 Å². The number of carbonyl (C=O) groups excluding carboxylic acids is 2. The highest BCUT2D eigenvalue weighted by atomic mass is 35.5. The van der Waals surface area contributed by atoms with Gasteiger partial charge in [0.15, 0.2) is 6.61 Å². The number of carboxylic acid groups (broad SMARTS) is 1. The van der Waals surface area contributed by atoms with Crippen molar-refractivity contribution >= 4 is 53.7 Å². The van der Waals surface area contributed by atoms with Crippen LogP contribution in [0.4, 0.5) is 16.2 Å². The van der Waals surface area contributed by atoms with Crippen LogP contribution in [0.25, 0.3) is 0 Å². The molecule has 36 heavy (non-hydrogen) atoms. The van der Waals surface area contributed by atoms with Gasteiger partial charge in [0.2, 0.25) is 0 Å². The molecule has 12 heteroatoms. The number of benzene rings is 3. The third kappa shape index (κ3) is 6.32. The Morgan fingerprint density at radius 1 is 0.972 bits per heavy atom. The molecule has 0 spiro atoms. The van der Waals surface area contributed by atoms with Crippen molar-refractivity contribution in [3.63, 3.8) is 0 Å². The molecule has 0 fully saturated rings. The van der Waals surface area contributed by atoms with Gasteiger partial charge in [-0.15, -0.1) is 0 Å². The van der Waals surface area contributed by atoms with Crippen LogP contribution in [-0.4, -0.2) is 48.3 Å². The number of methoxy groups -OCH3 is 2. The molecule has 3 aromatic rings. The Labute approximate surface area is 217 Å². The first-order valence-corrected chi connectivity index (χ1v) is 11.1. The van der Waals surface area contributed by atoms with Gasteiger partial charge in [-0.25, -0.2) is 14.6 Å². The molecule has 10 nitrogen and oxygen atoms in total. The zero-order valence-electron chi connectivity index (χ0n) is 19.2. The number of hydrogen-bond donors (Lipinski definition) is 3. The number of urea groups is 1. The highest BCUT2D eigenvalue weighted by molar-refractivity contribution is 7.78. The lowest BCUT2D eigenvalue weighted by molar-refractivity contribution is -0.139. The summed E-state index contributed by atoms with van der Waals surface area (Å²) in [5, 5.41) is 12.7. The lowest BCUT2D eigenvalue weighted by atomic mass is 10.2. The van der Waals surface area contributed by atoms with E-state index < -0.39 is 24.5 Å². The van der Waals surface area contributed by atoms with Crippen molar-refractivity contribution in [3.05, 3.63) is 77.3 Å². The van der Waals surface area contributed by atoms with Gasteiger partial charge in [-0.3, -0.25) is 4.79 Å². The lowest BCUT2D eigenvalue weighted by Gasteiger charge is -2.30. The SMILES string of the molecule is COc1cc(OC)c(NC(=O)N(S)N(C(=O)c2cccc(OCC(=O)O)c2)c2ccccc2)cc1Cl. The van der Waals surface area contributed by atoms with Crippen molar-refractivity contribution in [3.8, 4) is 17.2 Å². The van der Waals surface area contributed by atoms with Crippen LogP contribution in [0.5, 0.6) is 17.2 Å². The maximum absolute atomic E-state index is 13.5. The molecule has 2 N–H and O–H groups in total. The molecule has 0 saturated heterocycles. The number of nitrogens with zero attached hydrogens (tertiary/aromatic N) is 2. The zero-order chi connectivity index (χ0) is 26.2. The van der Waals surface area contributed by atoms with Crippen molar-refractivity contribution in [2.24, 2.45) is 0 Å². The summed E-state index contributed by atoms with van der Waals surface area (Å²) in [6.45, 7) is -0.576. The van der Waals surface area contributed by atoms with Crippen molar-refractivity contribution in [2.75, 3.05) is 31.2 Å². The van der Waals surface area contributed by atoms with Gasteiger partial charge >= 0.3 is 12.0 Å². The van der Waals surface area contributed by atoms with E-state index in [0.29, 0.717) is 11.4 Å². The Morgan fingerprint density at radius 2 is 1.67 bits per heavy atom. The van der Waals surface area contributed by atoms with E-state index in [9.17, 15) is 14.4 Å². The van der Waals surface area contributed by atoms with E-state index in [2.05, 4.69) is 18.1 Å². The number of anilines is 2. The fraction of sp³-hybridized carbons (Fsp3) is 0.125. The van der Waals surface area contributed by atoms with Gasteiger partial charge in [0.1, 0.15) is 17.2 Å². The minimum Gasteiger partial charge on any atom is -0.495 e. The number of aliphatic carboxylic acids is 1. The summed E-state index contributed by atoms with van der Waals surface area (Å²) in [5.41, 5.74) is 0.680. The van der Waals surface area contributed by atoms with E-state index >= 15 is 0 Å². The molecule has 0 unspecified atom stereocenters. The summed E-state index contributed by atoms with van der Waals surface area (Å²) < 4.78 is 16.4. The first-order chi connectivity index (χ1) is 17.2. The average molecular weight is 532 g/mol. The summed E-state index contributed by atoms with van der Waals surface area (Å²) >= 11 is 10.5. The second-order valence-electron chi connectivity index (χ2n) is 7.07. The van der Waals surface area contributed by atoms with Crippen LogP contribution in [0.1, 0.15) is 10.4 Å². The number of hydrogen-bond acceptors (Lipinski definition) is 7. The van der Waals surface area contributed by atoms with Crippen molar-refractivity contribution in [1.82, 2.24) is 4.41 Å². The molecule has 0 aromatic heterocycles. The molecule has 188 valence electrons. The highest BCUT2D eigenvalue weighted by Gasteiger charge is 2.28. The Kier molecular flexibility index (Phi) is 8.87. The predicted octanol–water partition coefficient (Wildman–Crippen LogP) is 4.76. The molecule has 3 amide bonds.